The van der Waals surface area contributed by atoms with Crippen LogP contribution in [0, 0.1) is 0 Å². The molecule has 0 unspecified atom stereocenters. The number of rotatable bonds is 0. The van der Waals surface area contributed by atoms with Crippen LogP contribution in [0.2, 0.25) is 10.3 Å². The van der Waals surface area contributed by atoms with Gasteiger partial charge in [0.15, 0.2) is 0 Å². The Morgan fingerprint density at radius 2 is 2.18 bits per heavy atom. The van der Waals surface area contributed by atoms with Gasteiger partial charge in [-0.3, -0.25) is 0 Å². The van der Waals surface area contributed by atoms with E-state index in [9.17, 15) is 0 Å². The second-order valence-corrected chi connectivity index (χ2v) is 3.54. The zero-order valence-electron chi connectivity index (χ0n) is 5.21. The van der Waals surface area contributed by atoms with Crippen molar-refractivity contribution >= 4 is 44.8 Å². The van der Waals surface area contributed by atoms with Gasteiger partial charge in [0.1, 0.15) is 10.3 Å². The van der Waals surface area contributed by atoms with Gasteiger partial charge >= 0.3 is 0 Å². The highest BCUT2D eigenvalue weighted by Crippen LogP contribution is 2.26. The molecule has 0 amide bonds. The molecule has 0 aliphatic carbocycles. The van der Waals surface area contributed by atoms with Gasteiger partial charge in [-0.2, -0.15) is 0 Å². The van der Waals surface area contributed by atoms with Crippen LogP contribution in [0.1, 0.15) is 0 Å². The molecular formula is C6H2Cl2N2S. The SMILES string of the molecule is Clc1cc2ncsc2c(Cl)n1. The summed E-state index contributed by atoms with van der Waals surface area (Å²) in [5.74, 6) is 0. The second-order valence-electron chi connectivity index (χ2n) is 1.94. The van der Waals surface area contributed by atoms with Gasteiger partial charge in [-0.25, -0.2) is 9.97 Å². The van der Waals surface area contributed by atoms with E-state index < -0.39 is 0 Å². The van der Waals surface area contributed by atoms with Crippen LogP contribution in [0.15, 0.2) is 11.6 Å². The van der Waals surface area contributed by atoms with Gasteiger partial charge in [0, 0.05) is 6.07 Å². The number of fused-ring (bicyclic) bond motifs is 1. The zero-order valence-corrected chi connectivity index (χ0v) is 7.54. The van der Waals surface area contributed by atoms with Gasteiger partial charge in [0.05, 0.1) is 15.7 Å². The lowest BCUT2D eigenvalue weighted by Gasteiger charge is -1.91. The van der Waals surface area contributed by atoms with Crippen molar-refractivity contribution in [2.24, 2.45) is 0 Å². The van der Waals surface area contributed by atoms with E-state index in [1.165, 1.54) is 11.3 Å². The summed E-state index contributed by atoms with van der Waals surface area (Å²) in [4.78, 5) is 7.93. The van der Waals surface area contributed by atoms with Crippen LogP contribution in [-0.2, 0) is 0 Å². The third kappa shape index (κ3) is 1.20. The van der Waals surface area contributed by atoms with Crippen molar-refractivity contribution in [3.8, 4) is 0 Å². The predicted octanol–water partition coefficient (Wildman–Crippen LogP) is 3.00. The maximum Gasteiger partial charge on any atom is 0.150 e. The summed E-state index contributed by atoms with van der Waals surface area (Å²) in [6.07, 6.45) is 0. The highest BCUT2D eigenvalue weighted by molar-refractivity contribution is 7.17. The van der Waals surface area contributed by atoms with Crippen molar-refractivity contribution in [3.05, 3.63) is 21.9 Å². The lowest BCUT2D eigenvalue weighted by atomic mass is 10.4. The van der Waals surface area contributed by atoms with Crippen molar-refractivity contribution in [1.82, 2.24) is 9.97 Å². The number of thiazole rings is 1. The topological polar surface area (TPSA) is 25.8 Å². The highest BCUT2D eigenvalue weighted by atomic mass is 35.5. The fourth-order valence-electron chi connectivity index (χ4n) is 0.802. The van der Waals surface area contributed by atoms with Crippen molar-refractivity contribution in [2.45, 2.75) is 0 Å². The number of pyridine rings is 1. The van der Waals surface area contributed by atoms with E-state index in [1.807, 2.05) is 0 Å². The second kappa shape index (κ2) is 2.59. The molecule has 11 heavy (non-hydrogen) atoms. The fourth-order valence-corrected chi connectivity index (χ4v) is 2.00. The lowest BCUT2D eigenvalue weighted by molar-refractivity contribution is 1.35. The summed E-state index contributed by atoms with van der Waals surface area (Å²) >= 11 is 12.9. The van der Waals surface area contributed by atoms with Crippen LogP contribution in [0.25, 0.3) is 10.2 Å². The molecule has 0 radical (unpaired) electrons. The summed E-state index contributed by atoms with van der Waals surface area (Å²) < 4.78 is 0.885. The molecular weight excluding hydrogens is 203 g/mol. The molecule has 0 aliphatic heterocycles. The number of aromatic nitrogens is 2. The molecule has 2 heterocycles. The van der Waals surface area contributed by atoms with E-state index in [0.29, 0.717) is 10.3 Å². The van der Waals surface area contributed by atoms with Crippen molar-refractivity contribution in [3.63, 3.8) is 0 Å². The largest absolute Gasteiger partial charge is 0.244 e. The summed E-state index contributed by atoms with van der Waals surface area (Å²) in [6.45, 7) is 0. The highest BCUT2D eigenvalue weighted by Gasteiger charge is 2.03. The molecule has 2 rings (SSSR count). The van der Waals surface area contributed by atoms with Crippen molar-refractivity contribution in [1.29, 1.82) is 0 Å². The number of hydrogen-bond acceptors (Lipinski definition) is 3. The summed E-state index contributed by atoms with van der Waals surface area (Å²) in [6, 6.07) is 1.69. The Kier molecular flexibility index (Phi) is 1.71. The van der Waals surface area contributed by atoms with Crippen LogP contribution in [0.3, 0.4) is 0 Å². The predicted molar refractivity (Wildman–Crippen MR) is 47.4 cm³/mol. The molecule has 0 saturated carbocycles. The third-order valence-corrected chi connectivity index (χ3v) is 2.67. The minimum absolute atomic E-state index is 0.383. The number of nitrogens with zero attached hydrogens (tertiary/aromatic N) is 2. The molecule has 0 aliphatic rings. The first kappa shape index (κ1) is 7.28. The summed E-state index contributed by atoms with van der Waals surface area (Å²) in [5, 5.41) is 0.809. The average molecular weight is 205 g/mol. The Bertz CT molecular complexity index is 398. The average Bonchev–Trinajstić information content (AvgIpc) is 2.34. The van der Waals surface area contributed by atoms with Gasteiger partial charge in [0.25, 0.3) is 0 Å². The minimum atomic E-state index is 0.383. The van der Waals surface area contributed by atoms with Gasteiger partial charge in [-0.1, -0.05) is 23.2 Å². The zero-order chi connectivity index (χ0) is 7.84. The van der Waals surface area contributed by atoms with E-state index in [2.05, 4.69) is 9.97 Å². The molecule has 0 bridgehead atoms. The smallest absolute Gasteiger partial charge is 0.150 e. The first-order valence-corrected chi connectivity index (χ1v) is 4.46. The van der Waals surface area contributed by atoms with E-state index >= 15 is 0 Å². The molecule has 0 fully saturated rings. The quantitative estimate of drug-likeness (QED) is 0.617. The minimum Gasteiger partial charge on any atom is -0.244 e. The summed E-state index contributed by atoms with van der Waals surface area (Å²) in [7, 11) is 0. The van der Waals surface area contributed by atoms with E-state index in [4.69, 9.17) is 23.2 Å². The Morgan fingerprint density at radius 1 is 1.36 bits per heavy atom. The normalized spacial score (nSPS) is 10.7. The molecule has 0 spiro atoms. The standard InChI is InChI=1S/C6H2Cl2N2S/c7-4-1-3-5(6(8)10-4)11-2-9-3/h1-2H. The first-order chi connectivity index (χ1) is 5.27. The van der Waals surface area contributed by atoms with Gasteiger partial charge in [-0.05, 0) is 0 Å². The molecule has 2 nitrogen and oxygen atoms in total. The Hall–Kier alpha value is -0.380. The molecule has 2 aromatic rings. The molecule has 0 atom stereocenters. The molecule has 5 heteroatoms. The molecule has 0 saturated heterocycles. The Labute approximate surface area is 76.8 Å². The van der Waals surface area contributed by atoms with Crippen molar-refractivity contribution < 1.29 is 0 Å². The van der Waals surface area contributed by atoms with E-state index in [-0.39, 0.29) is 0 Å². The van der Waals surface area contributed by atoms with Gasteiger partial charge < -0.3 is 0 Å². The van der Waals surface area contributed by atoms with E-state index in [1.54, 1.807) is 11.6 Å². The fraction of sp³-hybridized carbons (Fsp3) is 0. The van der Waals surface area contributed by atoms with Crippen LogP contribution >= 0.6 is 34.5 Å². The number of halogens is 2. The van der Waals surface area contributed by atoms with Gasteiger partial charge in [-0.15, -0.1) is 11.3 Å². The van der Waals surface area contributed by atoms with Crippen molar-refractivity contribution in [2.75, 3.05) is 0 Å². The molecule has 2 aromatic heterocycles. The van der Waals surface area contributed by atoms with Crippen LogP contribution in [0.5, 0.6) is 0 Å². The third-order valence-electron chi connectivity index (χ3n) is 1.24. The lowest BCUT2D eigenvalue weighted by Crippen LogP contribution is -1.76. The number of hydrogen-bond donors (Lipinski definition) is 0. The van der Waals surface area contributed by atoms with Crippen LogP contribution < -0.4 is 0 Å². The molecule has 0 N–H and O–H groups in total. The maximum absolute atomic E-state index is 5.78. The first-order valence-electron chi connectivity index (χ1n) is 2.82. The monoisotopic (exact) mass is 204 g/mol. The van der Waals surface area contributed by atoms with Crippen LogP contribution in [-0.4, -0.2) is 9.97 Å². The van der Waals surface area contributed by atoms with Crippen LogP contribution in [0.4, 0.5) is 0 Å². The molecule has 0 aromatic carbocycles. The van der Waals surface area contributed by atoms with Gasteiger partial charge in [0.2, 0.25) is 0 Å². The summed E-state index contributed by atoms with van der Waals surface area (Å²) in [5.41, 5.74) is 2.52. The van der Waals surface area contributed by atoms with E-state index in [0.717, 1.165) is 10.2 Å². The maximum atomic E-state index is 5.78. The Balaban J connectivity index is 2.91. The molecule has 56 valence electrons. The Morgan fingerprint density at radius 3 is 3.00 bits per heavy atom.